The van der Waals surface area contributed by atoms with E-state index in [-0.39, 0.29) is 6.04 Å². The average molecular weight is 310 g/mol. The van der Waals surface area contributed by atoms with Crippen LogP contribution in [-0.2, 0) is 16.4 Å². The summed E-state index contributed by atoms with van der Waals surface area (Å²) in [5.41, 5.74) is 6.61. The van der Waals surface area contributed by atoms with Crippen LogP contribution in [0.2, 0.25) is 0 Å². The summed E-state index contributed by atoms with van der Waals surface area (Å²) in [5, 5.41) is 0. The molecule has 2 N–H and O–H groups in total. The van der Waals surface area contributed by atoms with E-state index in [0.29, 0.717) is 18.1 Å². The van der Waals surface area contributed by atoms with Crippen LogP contribution in [0.25, 0.3) is 0 Å². The number of rotatable bonds is 3. The molecule has 3 heterocycles. The van der Waals surface area contributed by atoms with Gasteiger partial charge in [0.1, 0.15) is 5.82 Å². The van der Waals surface area contributed by atoms with E-state index in [1.807, 2.05) is 18.3 Å². The van der Waals surface area contributed by atoms with Gasteiger partial charge in [-0.3, -0.25) is 4.90 Å². The molecule has 0 saturated carbocycles. The smallest absolute Gasteiger partial charge is 0.151 e. The lowest BCUT2D eigenvalue weighted by molar-refractivity contribution is 0.200. The molecule has 0 aliphatic carbocycles. The van der Waals surface area contributed by atoms with E-state index in [2.05, 4.69) is 14.8 Å². The summed E-state index contributed by atoms with van der Waals surface area (Å²) >= 11 is 0. The Morgan fingerprint density at radius 1 is 1.24 bits per heavy atom. The Hall–Kier alpha value is -1.18. The van der Waals surface area contributed by atoms with Crippen LogP contribution in [-0.4, -0.2) is 62.0 Å². The quantitative estimate of drug-likeness (QED) is 0.836. The van der Waals surface area contributed by atoms with Crippen LogP contribution in [0, 0.1) is 0 Å². The van der Waals surface area contributed by atoms with E-state index in [9.17, 15) is 8.42 Å². The first-order valence-corrected chi connectivity index (χ1v) is 9.24. The highest BCUT2D eigenvalue weighted by Crippen LogP contribution is 2.21. The Morgan fingerprint density at radius 3 is 2.52 bits per heavy atom. The van der Waals surface area contributed by atoms with Crippen LogP contribution < -0.4 is 10.6 Å². The van der Waals surface area contributed by atoms with Crippen LogP contribution in [0.15, 0.2) is 18.3 Å². The number of piperazine rings is 1. The first kappa shape index (κ1) is 14.7. The molecule has 6 nitrogen and oxygen atoms in total. The van der Waals surface area contributed by atoms with Gasteiger partial charge in [0.2, 0.25) is 0 Å². The molecule has 1 atom stereocenters. The van der Waals surface area contributed by atoms with Crippen LogP contribution in [0.1, 0.15) is 12.0 Å². The molecule has 0 amide bonds. The van der Waals surface area contributed by atoms with E-state index in [4.69, 9.17) is 5.73 Å². The third-order valence-corrected chi connectivity index (χ3v) is 6.16. The molecule has 0 radical (unpaired) electrons. The molecular formula is C14H22N4O2S. The predicted molar refractivity (Wildman–Crippen MR) is 83.0 cm³/mol. The number of aromatic nitrogens is 1. The minimum Gasteiger partial charge on any atom is -0.354 e. The van der Waals surface area contributed by atoms with Gasteiger partial charge in [-0.2, -0.15) is 0 Å². The van der Waals surface area contributed by atoms with Crippen molar-refractivity contribution in [3.63, 3.8) is 0 Å². The number of nitrogens with two attached hydrogens (primary N) is 1. The van der Waals surface area contributed by atoms with Gasteiger partial charge in [-0.1, -0.05) is 6.07 Å². The summed E-state index contributed by atoms with van der Waals surface area (Å²) in [6.45, 7) is 4.11. The lowest BCUT2D eigenvalue weighted by Crippen LogP contribution is -2.51. The maximum absolute atomic E-state index is 11.6. The van der Waals surface area contributed by atoms with E-state index in [1.165, 1.54) is 0 Å². The van der Waals surface area contributed by atoms with Crippen LogP contribution >= 0.6 is 0 Å². The highest BCUT2D eigenvalue weighted by molar-refractivity contribution is 7.91. The van der Waals surface area contributed by atoms with Gasteiger partial charge in [-0.05, 0) is 18.1 Å². The first-order valence-electron chi connectivity index (χ1n) is 7.42. The molecule has 7 heteroatoms. The summed E-state index contributed by atoms with van der Waals surface area (Å²) in [4.78, 5) is 9.02. The largest absolute Gasteiger partial charge is 0.354 e. The Balaban J connectivity index is 1.57. The maximum Gasteiger partial charge on any atom is 0.151 e. The van der Waals surface area contributed by atoms with Crippen molar-refractivity contribution in [2.24, 2.45) is 5.73 Å². The summed E-state index contributed by atoms with van der Waals surface area (Å²) in [5.74, 6) is 1.65. The molecule has 2 saturated heterocycles. The van der Waals surface area contributed by atoms with Crippen molar-refractivity contribution >= 4 is 15.7 Å². The number of pyridine rings is 1. The standard InChI is InChI=1S/C14H22N4O2S/c15-9-12-1-2-14(16-10-12)18-6-4-17(5-7-18)13-3-8-21(19,20)11-13/h1-2,10,13H,3-9,11,15H2. The van der Waals surface area contributed by atoms with Crippen molar-refractivity contribution in [3.05, 3.63) is 23.9 Å². The summed E-state index contributed by atoms with van der Waals surface area (Å²) in [7, 11) is -2.80. The van der Waals surface area contributed by atoms with Crippen LogP contribution in [0.5, 0.6) is 0 Å². The molecule has 3 rings (SSSR count). The van der Waals surface area contributed by atoms with Crippen molar-refractivity contribution in [1.29, 1.82) is 0 Å². The Bertz CT molecular complexity index is 579. The fourth-order valence-corrected chi connectivity index (χ4v) is 4.87. The monoisotopic (exact) mass is 310 g/mol. The van der Waals surface area contributed by atoms with Gasteiger partial charge in [0.05, 0.1) is 11.5 Å². The molecule has 1 aromatic heterocycles. The minimum absolute atomic E-state index is 0.213. The van der Waals surface area contributed by atoms with Gasteiger partial charge < -0.3 is 10.6 Å². The topological polar surface area (TPSA) is 79.5 Å². The summed E-state index contributed by atoms with van der Waals surface area (Å²) in [6, 6.07) is 4.24. The normalized spacial score (nSPS) is 26.1. The lowest BCUT2D eigenvalue weighted by Gasteiger charge is -2.38. The zero-order valence-electron chi connectivity index (χ0n) is 12.1. The number of hydrogen-bond donors (Lipinski definition) is 1. The van der Waals surface area contributed by atoms with Gasteiger partial charge in [0.25, 0.3) is 0 Å². The molecule has 0 spiro atoms. The SMILES string of the molecule is NCc1ccc(N2CCN(C3CCS(=O)(=O)C3)CC2)nc1. The third kappa shape index (κ3) is 3.36. The van der Waals surface area contributed by atoms with Gasteiger partial charge >= 0.3 is 0 Å². The highest BCUT2D eigenvalue weighted by Gasteiger charge is 2.33. The van der Waals surface area contributed by atoms with Crippen molar-refractivity contribution < 1.29 is 8.42 Å². The molecule has 1 aromatic rings. The van der Waals surface area contributed by atoms with Gasteiger partial charge in [-0.25, -0.2) is 13.4 Å². The van der Waals surface area contributed by atoms with Crippen molar-refractivity contribution in [3.8, 4) is 0 Å². The summed E-state index contributed by atoms with van der Waals surface area (Å²) in [6.07, 6.45) is 2.61. The number of anilines is 1. The van der Waals surface area contributed by atoms with Gasteiger partial charge in [0.15, 0.2) is 9.84 Å². The second-order valence-electron chi connectivity index (χ2n) is 5.81. The zero-order chi connectivity index (χ0) is 14.9. The third-order valence-electron chi connectivity index (χ3n) is 4.41. The van der Waals surface area contributed by atoms with E-state index < -0.39 is 9.84 Å². The molecule has 0 bridgehead atoms. The predicted octanol–water partition coefficient (Wildman–Crippen LogP) is -0.151. The van der Waals surface area contributed by atoms with Gasteiger partial charge in [0, 0.05) is 45.0 Å². The Kier molecular flexibility index (Phi) is 4.14. The number of nitrogens with zero attached hydrogens (tertiary/aromatic N) is 3. The highest BCUT2D eigenvalue weighted by atomic mass is 32.2. The molecule has 1 unspecified atom stereocenters. The lowest BCUT2D eigenvalue weighted by atomic mass is 10.2. The number of hydrogen-bond acceptors (Lipinski definition) is 6. The van der Waals surface area contributed by atoms with Crippen molar-refractivity contribution in [2.75, 3.05) is 42.6 Å². The molecule has 116 valence electrons. The van der Waals surface area contributed by atoms with Crippen molar-refractivity contribution in [1.82, 2.24) is 9.88 Å². The fraction of sp³-hybridized carbons (Fsp3) is 0.643. The second-order valence-corrected chi connectivity index (χ2v) is 8.04. The van der Waals surface area contributed by atoms with E-state index in [1.54, 1.807) is 0 Å². The van der Waals surface area contributed by atoms with Gasteiger partial charge in [-0.15, -0.1) is 0 Å². The molecule has 0 aromatic carbocycles. The van der Waals surface area contributed by atoms with Crippen molar-refractivity contribution in [2.45, 2.75) is 19.0 Å². The zero-order valence-corrected chi connectivity index (χ0v) is 12.9. The molecule has 2 aliphatic heterocycles. The Labute approximate surface area is 125 Å². The first-order chi connectivity index (χ1) is 10.1. The molecule has 2 aliphatic rings. The summed E-state index contributed by atoms with van der Waals surface area (Å²) < 4.78 is 23.1. The van der Waals surface area contributed by atoms with Crippen LogP contribution in [0.4, 0.5) is 5.82 Å². The van der Waals surface area contributed by atoms with E-state index >= 15 is 0 Å². The fourth-order valence-electron chi connectivity index (χ4n) is 3.10. The average Bonchev–Trinajstić information content (AvgIpc) is 2.88. The Morgan fingerprint density at radius 2 is 2.00 bits per heavy atom. The molecule has 21 heavy (non-hydrogen) atoms. The minimum atomic E-state index is -2.80. The second kappa shape index (κ2) is 5.90. The molecular weight excluding hydrogens is 288 g/mol. The molecule has 2 fully saturated rings. The maximum atomic E-state index is 11.6. The van der Waals surface area contributed by atoms with Crippen LogP contribution in [0.3, 0.4) is 0 Å². The van der Waals surface area contributed by atoms with E-state index in [0.717, 1.165) is 44.0 Å². The number of sulfone groups is 1.